The summed E-state index contributed by atoms with van der Waals surface area (Å²) in [4.78, 5) is 11.5. The van der Waals surface area contributed by atoms with Gasteiger partial charge in [-0.25, -0.2) is 13.1 Å². The molecule has 5 nitrogen and oxygen atoms in total. The fourth-order valence-corrected chi connectivity index (χ4v) is 6.63. The van der Waals surface area contributed by atoms with Gasteiger partial charge >= 0.3 is 5.97 Å². The minimum absolute atomic E-state index is 0.112. The molecule has 9 heteroatoms. The number of hydrogen-bond acceptors (Lipinski definition) is 4. The molecule has 0 fully saturated rings. The van der Waals surface area contributed by atoms with Gasteiger partial charge < -0.3 is 5.11 Å². The van der Waals surface area contributed by atoms with Gasteiger partial charge in [0.15, 0.2) is 0 Å². The maximum absolute atomic E-state index is 12.2. The van der Waals surface area contributed by atoms with Gasteiger partial charge in [0.05, 0.1) is 13.0 Å². The largest absolute Gasteiger partial charge is 0.481 e. The van der Waals surface area contributed by atoms with Crippen LogP contribution in [0.4, 0.5) is 0 Å². The van der Waals surface area contributed by atoms with Gasteiger partial charge in [-0.3, -0.25) is 4.79 Å². The lowest BCUT2D eigenvalue weighted by Gasteiger charge is -2.26. The molecule has 0 spiro atoms. The topological polar surface area (TPSA) is 83.5 Å². The third-order valence-electron chi connectivity index (χ3n) is 3.32. The van der Waals surface area contributed by atoms with Crippen LogP contribution in [0.25, 0.3) is 0 Å². The molecule has 0 aliphatic carbocycles. The zero-order valence-electron chi connectivity index (χ0n) is 10.9. The van der Waals surface area contributed by atoms with Crippen molar-refractivity contribution in [3.05, 3.63) is 13.6 Å². The van der Waals surface area contributed by atoms with Gasteiger partial charge in [0.2, 0.25) is 10.0 Å². The Bertz CT molecular complexity index is 594. The number of sulfonamides is 1. The second kappa shape index (κ2) is 6.87. The van der Waals surface area contributed by atoms with Gasteiger partial charge in [-0.1, -0.05) is 13.8 Å². The standard InChI is InChI=1S/C11H15Br2NO4S2/c1-3-11(4-2,10(15)16)6-14-20(17,18)7-5-8(12)19-9(7)13/h5,14H,3-4,6H2,1-2H3,(H,15,16). The van der Waals surface area contributed by atoms with E-state index in [9.17, 15) is 18.3 Å². The van der Waals surface area contributed by atoms with E-state index in [0.717, 1.165) is 0 Å². The van der Waals surface area contributed by atoms with Crippen molar-refractivity contribution in [2.45, 2.75) is 31.6 Å². The lowest BCUT2D eigenvalue weighted by Crippen LogP contribution is -2.42. The Morgan fingerprint density at radius 2 is 1.95 bits per heavy atom. The Morgan fingerprint density at radius 1 is 1.40 bits per heavy atom. The summed E-state index contributed by atoms with van der Waals surface area (Å²) in [6.07, 6.45) is 0.714. The molecular formula is C11H15Br2NO4S2. The molecule has 1 heterocycles. The molecule has 0 aliphatic heterocycles. The summed E-state index contributed by atoms with van der Waals surface area (Å²) in [7, 11) is -3.74. The van der Waals surface area contributed by atoms with Crippen LogP contribution in [0.15, 0.2) is 18.5 Å². The summed E-state index contributed by atoms with van der Waals surface area (Å²) >= 11 is 7.65. The van der Waals surface area contributed by atoms with Crippen molar-refractivity contribution in [3.63, 3.8) is 0 Å². The number of halogens is 2. The first kappa shape index (κ1) is 18.1. The molecule has 0 atom stereocenters. The third kappa shape index (κ3) is 3.82. The highest BCUT2D eigenvalue weighted by molar-refractivity contribution is 9.12. The van der Waals surface area contributed by atoms with Crippen LogP contribution in [0.2, 0.25) is 0 Å². The predicted molar refractivity (Wildman–Crippen MR) is 85.6 cm³/mol. The van der Waals surface area contributed by atoms with Gasteiger partial charge in [0.1, 0.15) is 4.90 Å². The summed E-state index contributed by atoms with van der Waals surface area (Å²) in [5.41, 5.74) is -1.08. The van der Waals surface area contributed by atoms with E-state index < -0.39 is 21.4 Å². The highest BCUT2D eigenvalue weighted by atomic mass is 79.9. The molecule has 2 N–H and O–H groups in total. The molecule has 0 amide bonds. The Labute approximate surface area is 139 Å². The smallest absolute Gasteiger partial charge is 0.310 e. The summed E-state index contributed by atoms with van der Waals surface area (Å²) in [5.74, 6) is -0.990. The van der Waals surface area contributed by atoms with E-state index in [1.54, 1.807) is 13.8 Å². The number of hydrogen-bond donors (Lipinski definition) is 2. The molecule has 114 valence electrons. The lowest BCUT2D eigenvalue weighted by molar-refractivity contribution is -0.149. The van der Waals surface area contributed by atoms with E-state index in [1.807, 2.05) is 0 Å². The number of carbonyl (C=O) groups is 1. The number of thiophene rings is 1. The normalized spacial score (nSPS) is 12.6. The number of nitrogens with one attached hydrogen (secondary N) is 1. The van der Waals surface area contributed by atoms with Crippen LogP contribution in [0.5, 0.6) is 0 Å². The summed E-state index contributed by atoms with van der Waals surface area (Å²) in [6.45, 7) is 3.35. The van der Waals surface area contributed by atoms with Crippen molar-refractivity contribution in [3.8, 4) is 0 Å². The van der Waals surface area contributed by atoms with Crippen molar-refractivity contribution in [1.82, 2.24) is 4.72 Å². The number of aliphatic carboxylic acids is 1. The van der Waals surface area contributed by atoms with Gasteiger partial charge in [0.25, 0.3) is 0 Å². The molecule has 0 aromatic carbocycles. The third-order valence-corrected chi connectivity index (χ3v) is 7.48. The Hall–Kier alpha value is 0.0400. The second-order valence-corrected chi connectivity index (χ2v) is 9.79. The van der Waals surface area contributed by atoms with E-state index in [4.69, 9.17) is 0 Å². The highest BCUT2D eigenvalue weighted by Crippen LogP contribution is 2.35. The minimum atomic E-state index is -3.74. The van der Waals surface area contributed by atoms with Gasteiger partial charge in [-0.15, -0.1) is 11.3 Å². The van der Waals surface area contributed by atoms with E-state index in [-0.39, 0.29) is 11.4 Å². The minimum Gasteiger partial charge on any atom is -0.481 e. The van der Waals surface area contributed by atoms with Crippen molar-refractivity contribution < 1.29 is 18.3 Å². The van der Waals surface area contributed by atoms with Gasteiger partial charge in [-0.2, -0.15) is 0 Å². The molecule has 0 unspecified atom stereocenters. The average Bonchev–Trinajstić information content (AvgIpc) is 2.71. The maximum atomic E-state index is 12.2. The zero-order valence-corrected chi connectivity index (χ0v) is 15.7. The fraction of sp³-hybridized carbons (Fsp3) is 0.545. The first-order chi connectivity index (χ1) is 9.18. The van der Waals surface area contributed by atoms with Crippen molar-refractivity contribution in [2.75, 3.05) is 6.54 Å². The maximum Gasteiger partial charge on any atom is 0.310 e. The molecule has 0 saturated heterocycles. The molecular weight excluding hydrogens is 434 g/mol. The van der Waals surface area contributed by atoms with Crippen molar-refractivity contribution >= 4 is 59.2 Å². The van der Waals surface area contributed by atoms with Crippen LogP contribution < -0.4 is 4.72 Å². The summed E-state index contributed by atoms with van der Waals surface area (Å²) < 4.78 is 28.0. The van der Waals surface area contributed by atoms with Crippen LogP contribution >= 0.6 is 43.2 Å². The van der Waals surface area contributed by atoms with E-state index in [2.05, 4.69) is 36.6 Å². The van der Waals surface area contributed by atoms with Crippen molar-refractivity contribution in [2.24, 2.45) is 5.41 Å². The number of carboxylic acids is 1. The molecule has 0 radical (unpaired) electrons. The van der Waals surface area contributed by atoms with E-state index >= 15 is 0 Å². The SMILES string of the molecule is CCC(CC)(CNS(=O)(=O)c1cc(Br)sc1Br)C(=O)O. The summed E-state index contributed by atoms with van der Waals surface area (Å²) in [6, 6.07) is 1.48. The molecule has 0 aliphatic rings. The first-order valence-electron chi connectivity index (χ1n) is 5.86. The highest BCUT2D eigenvalue weighted by Gasteiger charge is 2.36. The molecule has 1 aromatic heterocycles. The van der Waals surface area contributed by atoms with Crippen LogP contribution in [0.1, 0.15) is 26.7 Å². The summed E-state index contributed by atoms with van der Waals surface area (Å²) in [5, 5.41) is 9.30. The molecule has 1 aromatic rings. The predicted octanol–water partition coefficient (Wildman–Crippen LogP) is 3.44. The van der Waals surface area contributed by atoms with Crippen LogP contribution in [-0.2, 0) is 14.8 Å². The molecule has 20 heavy (non-hydrogen) atoms. The van der Waals surface area contributed by atoms with Crippen LogP contribution in [0.3, 0.4) is 0 Å². The number of carboxylic acid groups (broad SMARTS) is 1. The Kier molecular flexibility index (Phi) is 6.21. The zero-order chi connectivity index (χ0) is 15.6. The fourth-order valence-electron chi connectivity index (χ4n) is 1.70. The van der Waals surface area contributed by atoms with Crippen LogP contribution in [-0.4, -0.2) is 26.0 Å². The Balaban J connectivity index is 2.98. The number of rotatable bonds is 7. The van der Waals surface area contributed by atoms with Gasteiger partial charge in [-0.05, 0) is 50.8 Å². The van der Waals surface area contributed by atoms with E-state index in [1.165, 1.54) is 17.4 Å². The monoisotopic (exact) mass is 447 g/mol. The van der Waals surface area contributed by atoms with E-state index in [0.29, 0.717) is 20.4 Å². The average molecular weight is 449 g/mol. The molecule has 0 bridgehead atoms. The second-order valence-electron chi connectivity index (χ2n) is 4.31. The van der Waals surface area contributed by atoms with Gasteiger partial charge in [0, 0.05) is 6.54 Å². The molecule has 0 saturated carbocycles. The lowest BCUT2D eigenvalue weighted by atomic mass is 9.83. The quantitative estimate of drug-likeness (QED) is 0.669. The van der Waals surface area contributed by atoms with Crippen molar-refractivity contribution in [1.29, 1.82) is 0 Å². The molecule has 1 rings (SSSR count). The Morgan fingerprint density at radius 3 is 2.30 bits per heavy atom. The first-order valence-corrected chi connectivity index (χ1v) is 9.75. The van der Waals surface area contributed by atoms with Crippen LogP contribution in [0, 0.1) is 5.41 Å².